The van der Waals surface area contributed by atoms with E-state index in [9.17, 15) is 4.79 Å². The zero-order valence-electron chi connectivity index (χ0n) is 15.3. The standard InChI is InChI=1S/C19H22N6O2/c1-24-13-20-22-19(24)15-8-5-11-25(12-15)17(26)10-9-16-21-18(23-27-16)14-6-3-2-4-7-14/h2-4,6-7,13,15H,5,8-12H2,1H3/t15-/m1/s1. The molecule has 0 saturated carbocycles. The van der Waals surface area contributed by atoms with Crippen LogP contribution in [0.15, 0.2) is 41.2 Å². The summed E-state index contributed by atoms with van der Waals surface area (Å²) in [5, 5.41) is 12.2. The van der Waals surface area contributed by atoms with Gasteiger partial charge in [0.05, 0.1) is 0 Å². The average Bonchev–Trinajstić information content (AvgIpc) is 3.36. The largest absolute Gasteiger partial charge is 0.342 e. The van der Waals surface area contributed by atoms with Crippen molar-refractivity contribution in [2.75, 3.05) is 13.1 Å². The molecular weight excluding hydrogens is 344 g/mol. The summed E-state index contributed by atoms with van der Waals surface area (Å²) in [5.74, 6) is 2.34. The number of aryl methyl sites for hydroxylation is 2. The third kappa shape index (κ3) is 3.89. The van der Waals surface area contributed by atoms with Gasteiger partial charge in [-0.2, -0.15) is 4.98 Å². The van der Waals surface area contributed by atoms with Gasteiger partial charge in [-0.05, 0) is 12.8 Å². The summed E-state index contributed by atoms with van der Waals surface area (Å²) in [4.78, 5) is 19.0. The molecule has 1 saturated heterocycles. The number of benzene rings is 1. The van der Waals surface area contributed by atoms with Crippen molar-refractivity contribution in [3.63, 3.8) is 0 Å². The lowest BCUT2D eigenvalue weighted by Gasteiger charge is -2.32. The smallest absolute Gasteiger partial charge is 0.227 e. The number of rotatable bonds is 5. The predicted molar refractivity (Wildman–Crippen MR) is 97.6 cm³/mol. The Labute approximate surface area is 157 Å². The highest BCUT2D eigenvalue weighted by Gasteiger charge is 2.27. The van der Waals surface area contributed by atoms with Gasteiger partial charge in [-0.1, -0.05) is 35.5 Å². The molecule has 1 aliphatic heterocycles. The quantitative estimate of drug-likeness (QED) is 0.688. The average molecular weight is 366 g/mol. The van der Waals surface area contributed by atoms with Gasteiger partial charge in [-0.25, -0.2) is 0 Å². The Kier molecular flexibility index (Phi) is 4.95. The lowest BCUT2D eigenvalue weighted by Crippen LogP contribution is -2.39. The lowest BCUT2D eigenvalue weighted by molar-refractivity contribution is -0.132. The van der Waals surface area contributed by atoms with Crippen LogP contribution in [-0.4, -0.2) is 48.8 Å². The summed E-state index contributed by atoms with van der Waals surface area (Å²) in [6.07, 6.45) is 4.52. The number of amides is 1. The second-order valence-corrected chi connectivity index (χ2v) is 6.86. The van der Waals surface area contributed by atoms with Crippen molar-refractivity contribution in [3.05, 3.63) is 48.4 Å². The molecule has 0 spiro atoms. The van der Waals surface area contributed by atoms with Gasteiger partial charge < -0.3 is 14.0 Å². The van der Waals surface area contributed by atoms with Gasteiger partial charge in [0.25, 0.3) is 0 Å². The fourth-order valence-corrected chi connectivity index (χ4v) is 3.51. The minimum Gasteiger partial charge on any atom is -0.342 e. The van der Waals surface area contributed by atoms with Gasteiger partial charge in [0.1, 0.15) is 12.2 Å². The third-order valence-corrected chi connectivity index (χ3v) is 4.94. The van der Waals surface area contributed by atoms with Crippen molar-refractivity contribution in [2.24, 2.45) is 7.05 Å². The second-order valence-electron chi connectivity index (χ2n) is 6.86. The van der Waals surface area contributed by atoms with E-state index in [2.05, 4.69) is 20.3 Å². The number of carbonyl (C=O) groups excluding carboxylic acids is 1. The number of carbonyl (C=O) groups is 1. The summed E-state index contributed by atoms with van der Waals surface area (Å²) in [5.41, 5.74) is 0.904. The molecule has 0 N–H and O–H groups in total. The van der Waals surface area contributed by atoms with E-state index in [1.54, 1.807) is 6.33 Å². The molecule has 1 amide bonds. The molecule has 3 heterocycles. The molecule has 1 fully saturated rings. The van der Waals surface area contributed by atoms with Gasteiger partial charge in [-0.3, -0.25) is 4.79 Å². The maximum absolute atomic E-state index is 12.6. The van der Waals surface area contributed by atoms with Crippen LogP contribution in [0.4, 0.5) is 0 Å². The monoisotopic (exact) mass is 366 g/mol. The zero-order valence-corrected chi connectivity index (χ0v) is 15.3. The first-order chi connectivity index (χ1) is 13.2. The van der Waals surface area contributed by atoms with E-state index in [1.807, 2.05) is 46.8 Å². The Balaban J connectivity index is 1.34. The molecule has 140 valence electrons. The topological polar surface area (TPSA) is 89.9 Å². The summed E-state index contributed by atoms with van der Waals surface area (Å²) >= 11 is 0. The van der Waals surface area contributed by atoms with Crippen LogP contribution >= 0.6 is 0 Å². The van der Waals surface area contributed by atoms with Gasteiger partial charge in [0, 0.05) is 44.5 Å². The lowest BCUT2D eigenvalue weighted by atomic mass is 9.97. The molecule has 1 aliphatic rings. The number of piperidine rings is 1. The molecule has 0 radical (unpaired) electrons. The van der Waals surface area contributed by atoms with Crippen LogP contribution in [0.2, 0.25) is 0 Å². The fraction of sp³-hybridized carbons (Fsp3) is 0.421. The van der Waals surface area contributed by atoms with Crippen LogP contribution in [-0.2, 0) is 18.3 Å². The van der Waals surface area contributed by atoms with Crippen LogP contribution in [0, 0.1) is 0 Å². The van der Waals surface area contributed by atoms with Crippen molar-refractivity contribution in [1.29, 1.82) is 0 Å². The Morgan fingerprint density at radius 1 is 1.30 bits per heavy atom. The molecule has 2 aromatic heterocycles. The maximum Gasteiger partial charge on any atom is 0.227 e. The van der Waals surface area contributed by atoms with Crippen LogP contribution < -0.4 is 0 Å². The molecule has 3 aromatic rings. The third-order valence-electron chi connectivity index (χ3n) is 4.94. The van der Waals surface area contributed by atoms with Crippen LogP contribution in [0.5, 0.6) is 0 Å². The molecular formula is C19H22N6O2. The first-order valence-electron chi connectivity index (χ1n) is 9.20. The van der Waals surface area contributed by atoms with Crippen molar-refractivity contribution in [1.82, 2.24) is 29.8 Å². The molecule has 0 bridgehead atoms. The molecule has 8 nitrogen and oxygen atoms in total. The highest BCUT2D eigenvalue weighted by Crippen LogP contribution is 2.25. The predicted octanol–water partition coefficient (Wildman–Crippen LogP) is 2.20. The van der Waals surface area contributed by atoms with E-state index >= 15 is 0 Å². The van der Waals surface area contributed by atoms with E-state index in [0.29, 0.717) is 31.1 Å². The number of hydrogen-bond donors (Lipinski definition) is 0. The van der Waals surface area contributed by atoms with Crippen LogP contribution in [0.1, 0.15) is 36.9 Å². The van der Waals surface area contributed by atoms with Crippen LogP contribution in [0.25, 0.3) is 11.4 Å². The molecule has 4 rings (SSSR count). The van der Waals surface area contributed by atoms with E-state index in [-0.39, 0.29) is 11.8 Å². The first-order valence-corrected chi connectivity index (χ1v) is 9.20. The molecule has 8 heteroatoms. The summed E-state index contributed by atoms with van der Waals surface area (Å²) < 4.78 is 7.23. The van der Waals surface area contributed by atoms with Crippen molar-refractivity contribution in [3.8, 4) is 11.4 Å². The van der Waals surface area contributed by atoms with E-state index in [1.165, 1.54) is 0 Å². The number of aromatic nitrogens is 5. The Bertz CT molecular complexity index is 904. The fourth-order valence-electron chi connectivity index (χ4n) is 3.51. The number of likely N-dealkylation sites (tertiary alicyclic amines) is 1. The van der Waals surface area contributed by atoms with Crippen molar-refractivity contribution < 1.29 is 9.32 Å². The van der Waals surface area contributed by atoms with Crippen molar-refractivity contribution >= 4 is 5.91 Å². The Morgan fingerprint density at radius 3 is 2.93 bits per heavy atom. The van der Waals surface area contributed by atoms with E-state index < -0.39 is 0 Å². The van der Waals surface area contributed by atoms with E-state index in [0.717, 1.165) is 30.8 Å². The minimum absolute atomic E-state index is 0.112. The van der Waals surface area contributed by atoms with Crippen LogP contribution in [0.3, 0.4) is 0 Å². The molecule has 0 unspecified atom stereocenters. The van der Waals surface area contributed by atoms with Crippen molar-refractivity contribution in [2.45, 2.75) is 31.6 Å². The first kappa shape index (κ1) is 17.4. The highest BCUT2D eigenvalue weighted by atomic mass is 16.5. The molecule has 1 atom stereocenters. The Morgan fingerprint density at radius 2 is 2.15 bits per heavy atom. The second kappa shape index (κ2) is 7.69. The molecule has 27 heavy (non-hydrogen) atoms. The minimum atomic E-state index is 0.112. The molecule has 1 aromatic carbocycles. The van der Waals surface area contributed by atoms with E-state index in [4.69, 9.17) is 4.52 Å². The number of hydrogen-bond acceptors (Lipinski definition) is 6. The summed E-state index contributed by atoms with van der Waals surface area (Å²) in [6, 6.07) is 9.66. The normalized spacial score (nSPS) is 17.2. The summed E-state index contributed by atoms with van der Waals surface area (Å²) in [6.45, 7) is 1.47. The van der Waals surface area contributed by atoms with Gasteiger partial charge >= 0.3 is 0 Å². The highest BCUT2D eigenvalue weighted by molar-refractivity contribution is 5.76. The number of nitrogens with zero attached hydrogens (tertiary/aromatic N) is 6. The SMILES string of the molecule is Cn1cnnc1[C@@H]1CCCN(C(=O)CCc2nc(-c3ccccc3)no2)C1. The molecule has 0 aliphatic carbocycles. The van der Waals surface area contributed by atoms with Gasteiger partial charge in [-0.15, -0.1) is 10.2 Å². The summed E-state index contributed by atoms with van der Waals surface area (Å²) in [7, 11) is 1.94. The Hall–Kier alpha value is -3.03. The van der Waals surface area contributed by atoms with Gasteiger partial charge in [0.2, 0.25) is 17.6 Å². The zero-order chi connectivity index (χ0) is 18.6. The van der Waals surface area contributed by atoms with Gasteiger partial charge in [0.15, 0.2) is 0 Å². The maximum atomic E-state index is 12.6.